The van der Waals surface area contributed by atoms with E-state index in [1.807, 2.05) is 30.3 Å². The zero-order valence-electron chi connectivity index (χ0n) is 15.7. The van der Waals surface area contributed by atoms with Gasteiger partial charge in [-0.05, 0) is 30.2 Å². The van der Waals surface area contributed by atoms with E-state index in [2.05, 4.69) is 15.7 Å². The lowest BCUT2D eigenvalue weighted by Gasteiger charge is -2.07. The molecular weight excluding hydrogens is 376 g/mol. The highest BCUT2D eigenvalue weighted by Crippen LogP contribution is 2.21. The van der Waals surface area contributed by atoms with Crippen LogP contribution in [-0.4, -0.2) is 28.6 Å². The fourth-order valence-corrected chi connectivity index (χ4v) is 3.18. The van der Waals surface area contributed by atoms with Crippen LogP contribution in [0.25, 0.3) is 0 Å². The van der Waals surface area contributed by atoms with E-state index < -0.39 is 0 Å². The van der Waals surface area contributed by atoms with Crippen molar-refractivity contribution < 1.29 is 9.59 Å². The molecule has 2 N–H and O–H groups in total. The number of nitrogens with zero attached hydrogens (tertiary/aromatic N) is 2. The van der Waals surface area contributed by atoms with Crippen LogP contribution in [-0.2, 0) is 13.1 Å². The average molecular weight is 397 g/mol. The average Bonchev–Trinajstić information content (AvgIpc) is 2.99. The van der Waals surface area contributed by atoms with Gasteiger partial charge in [0.1, 0.15) is 5.15 Å². The number of hydrogen-bond acceptors (Lipinski definition) is 3. The van der Waals surface area contributed by atoms with Crippen LogP contribution in [0.1, 0.15) is 37.5 Å². The van der Waals surface area contributed by atoms with Gasteiger partial charge >= 0.3 is 0 Å². The van der Waals surface area contributed by atoms with Gasteiger partial charge in [-0.1, -0.05) is 54.1 Å². The minimum atomic E-state index is -0.280. The molecule has 144 valence electrons. The minimum absolute atomic E-state index is 0.149. The van der Waals surface area contributed by atoms with Crippen LogP contribution < -0.4 is 10.6 Å². The van der Waals surface area contributed by atoms with E-state index in [0.717, 1.165) is 11.1 Å². The first kappa shape index (κ1) is 19.6. The van der Waals surface area contributed by atoms with Crippen LogP contribution in [0.15, 0.2) is 54.6 Å². The van der Waals surface area contributed by atoms with Gasteiger partial charge in [-0.25, -0.2) is 4.68 Å². The van der Waals surface area contributed by atoms with Gasteiger partial charge in [-0.3, -0.25) is 9.59 Å². The Morgan fingerprint density at radius 3 is 2.32 bits per heavy atom. The number of rotatable bonds is 6. The summed E-state index contributed by atoms with van der Waals surface area (Å²) >= 11 is 6.42. The molecule has 1 aromatic heterocycles. The summed E-state index contributed by atoms with van der Waals surface area (Å²) < 4.78 is 1.62. The molecular formula is C21H21ClN4O2. The molecule has 28 heavy (non-hydrogen) atoms. The van der Waals surface area contributed by atoms with Crippen molar-refractivity contribution in [1.82, 2.24) is 20.4 Å². The summed E-state index contributed by atoms with van der Waals surface area (Å²) in [5.74, 6) is -0.430. The third kappa shape index (κ3) is 4.40. The van der Waals surface area contributed by atoms with E-state index in [4.69, 9.17) is 11.6 Å². The van der Waals surface area contributed by atoms with Gasteiger partial charge in [0, 0.05) is 19.2 Å². The smallest absolute Gasteiger partial charge is 0.256 e. The molecule has 0 aliphatic carbocycles. The SMILES string of the molecule is CNC(=O)c1ccc(CNC(=O)c2c(C)nn(Cc3ccccc3)c2Cl)cc1. The lowest BCUT2D eigenvalue weighted by Crippen LogP contribution is -2.23. The maximum atomic E-state index is 12.6. The summed E-state index contributed by atoms with van der Waals surface area (Å²) in [4.78, 5) is 24.2. The Balaban J connectivity index is 1.68. The summed E-state index contributed by atoms with van der Waals surface area (Å²) in [6.07, 6.45) is 0. The second kappa shape index (κ2) is 8.71. The number of aromatic nitrogens is 2. The number of hydrogen-bond donors (Lipinski definition) is 2. The summed E-state index contributed by atoms with van der Waals surface area (Å²) in [7, 11) is 1.58. The summed E-state index contributed by atoms with van der Waals surface area (Å²) in [6, 6.07) is 16.8. The second-order valence-corrected chi connectivity index (χ2v) is 6.71. The molecule has 7 heteroatoms. The van der Waals surface area contributed by atoms with Gasteiger partial charge in [0.15, 0.2) is 0 Å². The molecule has 0 aliphatic heterocycles. The van der Waals surface area contributed by atoms with Crippen molar-refractivity contribution in [3.63, 3.8) is 0 Å². The van der Waals surface area contributed by atoms with E-state index in [1.54, 1.807) is 42.9 Å². The van der Waals surface area contributed by atoms with E-state index in [-0.39, 0.29) is 11.8 Å². The molecule has 0 spiro atoms. The maximum absolute atomic E-state index is 12.6. The topological polar surface area (TPSA) is 76.0 Å². The highest BCUT2D eigenvalue weighted by atomic mass is 35.5. The minimum Gasteiger partial charge on any atom is -0.355 e. The van der Waals surface area contributed by atoms with Crippen LogP contribution in [0.4, 0.5) is 0 Å². The monoisotopic (exact) mass is 396 g/mol. The van der Waals surface area contributed by atoms with Gasteiger partial charge in [0.05, 0.1) is 17.8 Å². The lowest BCUT2D eigenvalue weighted by atomic mass is 10.1. The van der Waals surface area contributed by atoms with Crippen molar-refractivity contribution in [1.29, 1.82) is 0 Å². The molecule has 0 saturated heterocycles. The van der Waals surface area contributed by atoms with Gasteiger partial charge < -0.3 is 10.6 Å². The number of carbonyl (C=O) groups excluding carboxylic acids is 2. The fourth-order valence-electron chi connectivity index (χ4n) is 2.86. The molecule has 3 aromatic rings. The molecule has 2 amide bonds. The number of nitrogens with one attached hydrogen (secondary N) is 2. The number of aryl methyl sites for hydroxylation is 1. The predicted molar refractivity (Wildman–Crippen MR) is 109 cm³/mol. The first-order valence-corrected chi connectivity index (χ1v) is 9.23. The first-order valence-electron chi connectivity index (χ1n) is 8.85. The molecule has 6 nitrogen and oxygen atoms in total. The van der Waals surface area contributed by atoms with E-state index in [9.17, 15) is 9.59 Å². The van der Waals surface area contributed by atoms with Crippen molar-refractivity contribution in [3.8, 4) is 0 Å². The number of halogens is 1. The third-order valence-corrected chi connectivity index (χ3v) is 4.75. The number of benzene rings is 2. The molecule has 2 aromatic carbocycles. The van der Waals surface area contributed by atoms with Gasteiger partial charge in [-0.15, -0.1) is 0 Å². The Morgan fingerprint density at radius 1 is 1.00 bits per heavy atom. The zero-order valence-corrected chi connectivity index (χ0v) is 16.5. The molecule has 0 atom stereocenters. The Morgan fingerprint density at radius 2 is 1.68 bits per heavy atom. The molecule has 0 radical (unpaired) electrons. The fraction of sp³-hybridized carbons (Fsp3) is 0.190. The Bertz CT molecular complexity index is 982. The summed E-state index contributed by atoms with van der Waals surface area (Å²) in [5, 5.41) is 10.1. The highest BCUT2D eigenvalue weighted by molar-refractivity contribution is 6.33. The summed E-state index contributed by atoms with van der Waals surface area (Å²) in [5.41, 5.74) is 3.45. The van der Waals surface area contributed by atoms with Crippen molar-refractivity contribution in [3.05, 3.63) is 87.7 Å². The highest BCUT2D eigenvalue weighted by Gasteiger charge is 2.20. The van der Waals surface area contributed by atoms with Crippen molar-refractivity contribution in [2.45, 2.75) is 20.0 Å². The van der Waals surface area contributed by atoms with E-state index >= 15 is 0 Å². The van der Waals surface area contributed by atoms with Crippen LogP contribution >= 0.6 is 11.6 Å². The summed E-state index contributed by atoms with van der Waals surface area (Å²) in [6.45, 7) is 2.59. The standard InChI is InChI=1S/C21H21ClN4O2/c1-14-18(19(22)26(25-14)13-16-6-4-3-5-7-16)21(28)24-12-15-8-10-17(11-9-15)20(27)23-2/h3-11H,12-13H2,1-2H3,(H,23,27)(H,24,28). The van der Waals surface area contributed by atoms with Crippen molar-refractivity contribution in [2.24, 2.45) is 0 Å². The Kier molecular flexibility index (Phi) is 6.11. The largest absolute Gasteiger partial charge is 0.355 e. The zero-order chi connectivity index (χ0) is 20.1. The van der Waals surface area contributed by atoms with Crippen LogP contribution in [0, 0.1) is 6.92 Å². The molecule has 0 unspecified atom stereocenters. The van der Waals surface area contributed by atoms with Gasteiger partial charge in [-0.2, -0.15) is 5.10 Å². The van der Waals surface area contributed by atoms with Crippen LogP contribution in [0.3, 0.4) is 0 Å². The second-order valence-electron chi connectivity index (χ2n) is 6.35. The Labute approximate surface area is 168 Å². The first-order chi connectivity index (χ1) is 13.5. The number of carbonyl (C=O) groups is 2. The van der Waals surface area contributed by atoms with E-state index in [0.29, 0.717) is 35.1 Å². The molecule has 0 bridgehead atoms. The molecule has 1 heterocycles. The number of amides is 2. The third-order valence-electron chi connectivity index (χ3n) is 4.36. The van der Waals surface area contributed by atoms with Crippen molar-refractivity contribution >= 4 is 23.4 Å². The van der Waals surface area contributed by atoms with Gasteiger partial charge in [0.25, 0.3) is 11.8 Å². The van der Waals surface area contributed by atoms with Crippen LogP contribution in [0.2, 0.25) is 5.15 Å². The van der Waals surface area contributed by atoms with Gasteiger partial charge in [0.2, 0.25) is 0 Å². The van der Waals surface area contributed by atoms with Crippen molar-refractivity contribution in [2.75, 3.05) is 7.05 Å². The molecule has 0 saturated carbocycles. The normalized spacial score (nSPS) is 10.5. The molecule has 0 fully saturated rings. The molecule has 0 aliphatic rings. The Hall–Kier alpha value is -3.12. The van der Waals surface area contributed by atoms with Crippen LogP contribution in [0.5, 0.6) is 0 Å². The lowest BCUT2D eigenvalue weighted by molar-refractivity contribution is 0.0945. The quantitative estimate of drug-likeness (QED) is 0.671. The van der Waals surface area contributed by atoms with E-state index in [1.165, 1.54) is 0 Å². The molecule has 3 rings (SSSR count). The maximum Gasteiger partial charge on any atom is 0.256 e. The predicted octanol–water partition coefficient (Wildman–Crippen LogP) is 3.18.